The summed E-state index contributed by atoms with van der Waals surface area (Å²) in [5, 5.41) is 0. The molecule has 14 heavy (non-hydrogen) atoms. The fourth-order valence-electron chi connectivity index (χ4n) is 1.11. The lowest BCUT2D eigenvalue weighted by atomic mass is 10.2. The molecule has 0 bridgehead atoms. The van der Waals surface area contributed by atoms with Crippen LogP contribution in [0.1, 0.15) is 6.92 Å². The Kier molecular flexibility index (Phi) is 2.98. The van der Waals surface area contributed by atoms with Gasteiger partial charge in [0.25, 0.3) is 0 Å². The van der Waals surface area contributed by atoms with Gasteiger partial charge in [-0.15, -0.1) is 0 Å². The summed E-state index contributed by atoms with van der Waals surface area (Å²) in [6.07, 6.45) is -1.13. The van der Waals surface area contributed by atoms with Crippen LogP contribution in [0.25, 0.3) is 0 Å². The van der Waals surface area contributed by atoms with Crippen molar-refractivity contribution in [3.63, 3.8) is 0 Å². The van der Waals surface area contributed by atoms with E-state index in [-0.39, 0.29) is 6.04 Å². The fourth-order valence-corrected chi connectivity index (χ4v) is 1.11. The summed E-state index contributed by atoms with van der Waals surface area (Å²) in [5.41, 5.74) is -0.752. The van der Waals surface area contributed by atoms with Crippen molar-refractivity contribution >= 4 is 6.34 Å². The molecule has 1 atom stereocenters. The van der Waals surface area contributed by atoms with Crippen molar-refractivity contribution < 1.29 is 13.2 Å². The molecule has 2 nitrogen and oxygen atoms in total. The van der Waals surface area contributed by atoms with Crippen molar-refractivity contribution in [1.82, 2.24) is 4.90 Å². The van der Waals surface area contributed by atoms with Crippen LogP contribution in [-0.2, 0) is 0 Å². The van der Waals surface area contributed by atoms with Crippen LogP contribution in [0.4, 0.5) is 13.2 Å². The molecule has 1 heterocycles. The van der Waals surface area contributed by atoms with Crippen molar-refractivity contribution in [2.24, 2.45) is 4.99 Å². The second-order valence-electron chi connectivity index (χ2n) is 3.10. The Morgan fingerprint density at radius 1 is 1.64 bits per heavy atom. The van der Waals surface area contributed by atoms with Gasteiger partial charge in [0.2, 0.25) is 0 Å². The lowest BCUT2D eigenvalue weighted by Gasteiger charge is -2.13. The van der Waals surface area contributed by atoms with E-state index < -0.39 is 11.7 Å². The average molecular weight is 204 g/mol. The zero-order chi connectivity index (χ0) is 10.8. The van der Waals surface area contributed by atoms with Gasteiger partial charge in [-0.25, -0.2) is 0 Å². The quantitative estimate of drug-likeness (QED) is 0.630. The van der Waals surface area contributed by atoms with Crippen molar-refractivity contribution in [3.8, 4) is 0 Å². The maximum atomic E-state index is 12.3. The normalized spacial score (nSPS) is 23.0. The van der Waals surface area contributed by atoms with Gasteiger partial charge in [0.05, 0.1) is 18.0 Å². The molecule has 0 fully saturated rings. The van der Waals surface area contributed by atoms with Gasteiger partial charge in [-0.2, -0.15) is 13.2 Å². The minimum absolute atomic E-state index is 0.0468. The molecule has 0 N–H and O–H groups in total. The number of hydrogen-bond acceptors (Lipinski definition) is 2. The van der Waals surface area contributed by atoms with Crippen molar-refractivity contribution in [2.45, 2.75) is 19.1 Å². The summed E-state index contributed by atoms with van der Waals surface area (Å²) >= 11 is 0. The Labute approximate surface area is 80.4 Å². The van der Waals surface area contributed by atoms with Gasteiger partial charge < -0.3 is 4.90 Å². The first-order chi connectivity index (χ1) is 6.43. The van der Waals surface area contributed by atoms with Gasteiger partial charge in [0, 0.05) is 12.7 Å². The number of halogens is 3. The minimum atomic E-state index is -4.35. The van der Waals surface area contributed by atoms with Gasteiger partial charge >= 0.3 is 6.18 Å². The van der Waals surface area contributed by atoms with Crippen LogP contribution in [0.5, 0.6) is 0 Å². The third-order valence-electron chi connectivity index (χ3n) is 1.80. The molecule has 0 aromatic rings. The maximum absolute atomic E-state index is 12.3. The Balaban J connectivity index is 2.75. The largest absolute Gasteiger partial charge is 0.417 e. The van der Waals surface area contributed by atoms with Crippen molar-refractivity contribution in [1.29, 1.82) is 0 Å². The molecular weight excluding hydrogens is 193 g/mol. The smallest absolute Gasteiger partial charge is 0.337 e. The summed E-state index contributed by atoms with van der Waals surface area (Å²) in [6, 6.07) is 0.0468. The molecule has 0 spiro atoms. The van der Waals surface area contributed by atoms with E-state index in [0.717, 1.165) is 12.3 Å². The zero-order valence-electron chi connectivity index (χ0n) is 7.75. The molecular formula is C9H11F3N2. The van der Waals surface area contributed by atoms with E-state index in [1.165, 1.54) is 11.2 Å². The Hall–Kier alpha value is -1.26. The Morgan fingerprint density at radius 3 is 2.64 bits per heavy atom. The SMILES string of the molecule is C=C/C(=C\N1C=NC(C)C1)C(F)(F)F. The molecule has 0 saturated carbocycles. The summed E-state index contributed by atoms with van der Waals surface area (Å²) in [4.78, 5) is 5.35. The summed E-state index contributed by atoms with van der Waals surface area (Å²) in [7, 11) is 0. The van der Waals surface area contributed by atoms with Crippen molar-refractivity contribution in [2.75, 3.05) is 6.54 Å². The van der Waals surface area contributed by atoms with Gasteiger partial charge in [-0.05, 0) is 6.92 Å². The average Bonchev–Trinajstić information content (AvgIpc) is 2.45. The number of nitrogens with zero attached hydrogens (tertiary/aromatic N) is 2. The van der Waals surface area contributed by atoms with Crippen LogP contribution in [0.15, 0.2) is 29.4 Å². The van der Waals surface area contributed by atoms with Gasteiger partial charge in [-0.3, -0.25) is 4.99 Å². The first-order valence-corrected chi connectivity index (χ1v) is 4.14. The van der Waals surface area contributed by atoms with E-state index in [1.54, 1.807) is 0 Å². The summed E-state index contributed by atoms with van der Waals surface area (Å²) < 4.78 is 36.8. The molecule has 1 aliphatic rings. The number of alkyl halides is 3. The third kappa shape index (κ3) is 2.61. The van der Waals surface area contributed by atoms with E-state index in [0.29, 0.717) is 6.54 Å². The first-order valence-electron chi connectivity index (χ1n) is 4.14. The Morgan fingerprint density at radius 2 is 2.29 bits per heavy atom. The zero-order valence-corrected chi connectivity index (χ0v) is 7.75. The molecule has 5 heteroatoms. The van der Waals surface area contributed by atoms with Gasteiger partial charge in [0.15, 0.2) is 0 Å². The molecule has 78 valence electrons. The number of allylic oxidation sites excluding steroid dienone is 2. The highest BCUT2D eigenvalue weighted by Gasteiger charge is 2.32. The lowest BCUT2D eigenvalue weighted by molar-refractivity contribution is -0.0889. The third-order valence-corrected chi connectivity index (χ3v) is 1.80. The second kappa shape index (κ2) is 3.86. The highest BCUT2D eigenvalue weighted by Crippen LogP contribution is 2.26. The predicted molar refractivity (Wildman–Crippen MR) is 49.0 cm³/mol. The molecule has 1 rings (SSSR count). The van der Waals surface area contributed by atoms with E-state index in [1.807, 2.05) is 6.92 Å². The molecule has 0 amide bonds. The molecule has 1 unspecified atom stereocenters. The second-order valence-corrected chi connectivity index (χ2v) is 3.10. The standard InChI is InChI=1S/C9H11F3N2/c1-3-8(9(10,11)12)5-14-4-7(2)13-6-14/h3,5-7H,1,4H2,2H3/b8-5+. The van der Waals surface area contributed by atoms with Crippen LogP contribution in [0.2, 0.25) is 0 Å². The van der Waals surface area contributed by atoms with Crippen LogP contribution in [-0.4, -0.2) is 30.0 Å². The van der Waals surface area contributed by atoms with Crippen LogP contribution in [0, 0.1) is 0 Å². The summed E-state index contributed by atoms with van der Waals surface area (Å²) in [5.74, 6) is 0. The number of hydrogen-bond donors (Lipinski definition) is 0. The van der Waals surface area contributed by atoms with Crippen LogP contribution in [0.3, 0.4) is 0 Å². The summed E-state index contributed by atoms with van der Waals surface area (Å²) in [6.45, 7) is 5.45. The van der Waals surface area contributed by atoms with Gasteiger partial charge in [-0.1, -0.05) is 12.7 Å². The van der Waals surface area contributed by atoms with Crippen molar-refractivity contribution in [3.05, 3.63) is 24.4 Å². The lowest BCUT2D eigenvalue weighted by Crippen LogP contribution is -2.20. The van der Waals surface area contributed by atoms with Gasteiger partial charge in [0.1, 0.15) is 0 Å². The fraction of sp³-hybridized carbons (Fsp3) is 0.444. The Bertz CT molecular complexity index is 278. The number of rotatable bonds is 2. The highest BCUT2D eigenvalue weighted by molar-refractivity contribution is 5.59. The molecule has 0 saturated heterocycles. The molecule has 1 aliphatic heterocycles. The monoisotopic (exact) mass is 204 g/mol. The van der Waals surface area contributed by atoms with Crippen LogP contribution < -0.4 is 0 Å². The molecule has 0 aromatic heterocycles. The topological polar surface area (TPSA) is 15.6 Å². The van der Waals surface area contributed by atoms with E-state index >= 15 is 0 Å². The minimum Gasteiger partial charge on any atom is -0.337 e. The highest BCUT2D eigenvalue weighted by atomic mass is 19.4. The van der Waals surface area contributed by atoms with E-state index in [2.05, 4.69) is 11.6 Å². The molecule has 0 aromatic carbocycles. The molecule has 0 radical (unpaired) electrons. The van der Waals surface area contributed by atoms with Crippen LogP contribution >= 0.6 is 0 Å². The molecule has 0 aliphatic carbocycles. The van der Waals surface area contributed by atoms with E-state index in [9.17, 15) is 13.2 Å². The predicted octanol–water partition coefficient (Wildman–Crippen LogP) is 2.35. The van der Waals surface area contributed by atoms with E-state index in [4.69, 9.17) is 0 Å². The maximum Gasteiger partial charge on any atom is 0.417 e. The number of aliphatic imine (C=N–C) groups is 1. The first kappa shape index (κ1) is 10.8.